The third kappa shape index (κ3) is 5.07. The van der Waals surface area contributed by atoms with Crippen molar-refractivity contribution in [3.63, 3.8) is 0 Å². The highest BCUT2D eigenvalue weighted by Gasteiger charge is 2.15. The van der Waals surface area contributed by atoms with E-state index in [1.807, 2.05) is 19.1 Å². The first-order valence-corrected chi connectivity index (χ1v) is 9.60. The van der Waals surface area contributed by atoms with Crippen molar-refractivity contribution in [3.8, 4) is 0 Å². The molecule has 1 aromatic heterocycles. The Morgan fingerprint density at radius 2 is 1.56 bits per heavy atom. The maximum atomic E-state index is 4.90. The number of nitrogens with zero attached hydrogens (tertiary/aromatic N) is 4. The van der Waals surface area contributed by atoms with Crippen LogP contribution in [0.1, 0.15) is 31.0 Å². The standard InChI is InChI=1S/C23H28N4/c1-4-5-16-26(3)23-24-19(2)17-22(25-23)27(21-14-10-7-11-15-21)18-20-12-8-6-9-13-20/h6-15,17H,4-5,16,18H2,1-3H3. The Balaban J connectivity index is 1.97. The normalized spacial score (nSPS) is 10.6. The molecule has 4 heteroatoms. The monoisotopic (exact) mass is 360 g/mol. The first-order chi connectivity index (χ1) is 13.2. The fraction of sp³-hybridized carbons (Fsp3) is 0.304. The number of para-hydroxylation sites is 1. The van der Waals surface area contributed by atoms with Gasteiger partial charge in [0, 0.05) is 37.6 Å². The van der Waals surface area contributed by atoms with Crippen molar-refractivity contribution in [1.29, 1.82) is 0 Å². The second kappa shape index (κ2) is 9.17. The molecule has 0 atom stereocenters. The lowest BCUT2D eigenvalue weighted by molar-refractivity contribution is 0.747. The van der Waals surface area contributed by atoms with Crippen LogP contribution >= 0.6 is 0 Å². The molecule has 0 aliphatic carbocycles. The predicted octanol–water partition coefficient (Wildman–Crippen LogP) is 5.36. The SMILES string of the molecule is CCCCN(C)c1nc(C)cc(N(Cc2ccccc2)c2ccccc2)n1. The minimum absolute atomic E-state index is 0.763. The molecule has 0 aliphatic rings. The summed E-state index contributed by atoms with van der Waals surface area (Å²) in [4.78, 5) is 14.0. The molecule has 0 radical (unpaired) electrons. The maximum Gasteiger partial charge on any atom is 0.227 e. The molecule has 0 unspecified atom stereocenters. The van der Waals surface area contributed by atoms with Crippen molar-refractivity contribution >= 4 is 17.5 Å². The van der Waals surface area contributed by atoms with E-state index in [1.54, 1.807) is 0 Å². The van der Waals surface area contributed by atoms with E-state index in [1.165, 1.54) is 5.56 Å². The molecular formula is C23H28N4. The molecule has 27 heavy (non-hydrogen) atoms. The van der Waals surface area contributed by atoms with Gasteiger partial charge in [-0.15, -0.1) is 0 Å². The van der Waals surface area contributed by atoms with E-state index in [4.69, 9.17) is 4.98 Å². The molecule has 0 N–H and O–H groups in total. The van der Waals surface area contributed by atoms with Crippen molar-refractivity contribution in [2.24, 2.45) is 0 Å². The molecule has 0 saturated carbocycles. The molecule has 0 saturated heterocycles. The number of aromatic nitrogens is 2. The van der Waals surface area contributed by atoms with Gasteiger partial charge < -0.3 is 9.80 Å². The van der Waals surface area contributed by atoms with Gasteiger partial charge in [-0.2, -0.15) is 4.98 Å². The molecule has 1 heterocycles. The van der Waals surface area contributed by atoms with Crippen LogP contribution in [0, 0.1) is 6.92 Å². The van der Waals surface area contributed by atoms with Crippen molar-refractivity contribution in [1.82, 2.24) is 9.97 Å². The summed E-state index contributed by atoms with van der Waals surface area (Å²) in [7, 11) is 2.07. The molecule has 4 nitrogen and oxygen atoms in total. The van der Waals surface area contributed by atoms with Crippen molar-refractivity contribution in [2.75, 3.05) is 23.4 Å². The van der Waals surface area contributed by atoms with Crippen LogP contribution in [0.25, 0.3) is 0 Å². The fourth-order valence-electron chi connectivity index (χ4n) is 3.02. The quantitative estimate of drug-likeness (QED) is 0.541. The predicted molar refractivity (Wildman–Crippen MR) is 114 cm³/mol. The Hall–Kier alpha value is -2.88. The van der Waals surface area contributed by atoms with Gasteiger partial charge in [0.05, 0.1) is 0 Å². The van der Waals surface area contributed by atoms with Crippen LogP contribution in [0.2, 0.25) is 0 Å². The molecule has 0 amide bonds. The molecule has 0 bridgehead atoms. The van der Waals surface area contributed by atoms with Crippen molar-refractivity contribution in [3.05, 3.63) is 78.0 Å². The minimum Gasteiger partial charge on any atom is -0.344 e. The largest absolute Gasteiger partial charge is 0.344 e. The number of hydrogen-bond donors (Lipinski definition) is 0. The highest BCUT2D eigenvalue weighted by molar-refractivity contribution is 5.61. The number of unbranched alkanes of at least 4 members (excludes halogenated alkanes) is 1. The number of benzene rings is 2. The summed E-state index contributed by atoms with van der Waals surface area (Å²) in [5.41, 5.74) is 3.35. The zero-order valence-electron chi connectivity index (χ0n) is 16.5. The van der Waals surface area contributed by atoms with Crippen LogP contribution in [0.3, 0.4) is 0 Å². The lowest BCUT2D eigenvalue weighted by atomic mass is 10.2. The molecule has 3 aromatic rings. The third-order valence-corrected chi connectivity index (χ3v) is 4.55. The zero-order chi connectivity index (χ0) is 19.1. The van der Waals surface area contributed by atoms with Gasteiger partial charge in [0.25, 0.3) is 0 Å². The average Bonchev–Trinajstić information content (AvgIpc) is 2.71. The lowest BCUT2D eigenvalue weighted by Gasteiger charge is -2.26. The molecule has 140 valence electrons. The van der Waals surface area contributed by atoms with Crippen LogP contribution in [0.4, 0.5) is 17.5 Å². The summed E-state index contributed by atoms with van der Waals surface area (Å²) < 4.78 is 0. The summed E-state index contributed by atoms with van der Waals surface area (Å²) in [5, 5.41) is 0. The lowest BCUT2D eigenvalue weighted by Crippen LogP contribution is -2.24. The van der Waals surface area contributed by atoms with Crippen LogP contribution in [0.15, 0.2) is 66.7 Å². The minimum atomic E-state index is 0.763. The summed E-state index contributed by atoms with van der Waals surface area (Å²) in [5.74, 6) is 1.71. The maximum absolute atomic E-state index is 4.90. The topological polar surface area (TPSA) is 32.3 Å². The third-order valence-electron chi connectivity index (χ3n) is 4.55. The highest BCUT2D eigenvalue weighted by atomic mass is 15.3. The van der Waals surface area contributed by atoms with Crippen molar-refractivity contribution < 1.29 is 0 Å². The van der Waals surface area contributed by atoms with Crippen molar-refractivity contribution in [2.45, 2.75) is 33.2 Å². The Labute approximate surface area is 162 Å². The smallest absolute Gasteiger partial charge is 0.227 e. The van der Waals surface area contributed by atoms with E-state index in [9.17, 15) is 0 Å². The second-order valence-electron chi connectivity index (χ2n) is 6.85. The van der Waals surface area contributed by atoms with Crippen LogP contribution in [0.5, 0.6) is 0 Å². The van der Waals surface area contributed by atoms with Crippen LogP contribution < -0.4 is 9.80 Å². The van der Waals surface area contributed by atoms with Gasteiger partial charge in [0.15, 0.2) is 0 Å². The average molecular weight is 361 g/mol. The summed E-state index contributed by atoms with van der Waals surface area (Å²) >= 11 is 0. The molecule has 0 fully saturated rings. The van der Waals surface area contributed by atoms with E-state index < -0.39 is 0 Å². The van der Waals surface area contributed by atoms with Gasteiger partial charge in [-0.25, -0.2) is 4.98 Å². The molecule has 3 rings (SSSR count). The molecule has 0 spiro atoms. The second-order valence-corrected chi connectivity index (χ2v) is 6.85. The summed E-state index contributed by atoms with van der Waals surface area (Å²) in [6.45, 7) is 5.96. The molecule has 2 aromatic carbocycles. The molecular weight excluding hydrogens is 332 g/mol. The highest BCUT2D eigenvalue weighted by Crippen LogP contribution is 2.27. The fourth-order valence-corrected chi connectivity index (χ4v) is 3.02. The first-order valence-electron chi connectivity index (χ1n) is 9.60. The molecule has 0 aliphatic heterocycles. The van der Waals surface area contributed by atoms with E-state index in [0.717, 1.165) is 49.1 Å². The van der Waals surface area contributed by atoms with E-state index in [0.29, 0.717) is 0 Å². The van der Waals surface area contributed by atoms with Gasteiger partial charge in [0.2, 0.25) is 5.95 Å². The summed E-state index contributed by atoms with van der Waals surface area (Å²) in [6.07, 6.45) is 2.29. The first kappa shape index (κ1) is 18.9. The van der Waals surface area contributed by atoms with Crippen LogP contribution in [-0.2, 0) is 6.54 Å². The van der Waals surface area contributed by atoms with E-state index in [-0.39, 0.29) is 0 Å². The summed E-state index contributed by atoms with van der Waals surface area (Å²) in [6, 6.07) is 23.0. The number of anilines is 3. The number of hydrogen-bond acceptors (Lipinski definition) is 4. The number of aryl methyl sites for hydroxylation is 1. The van der Waals surface area contributed by atoms with Gasteiger partial charge in [-0.1, -0.05) is 61.9 Å². The Morgan fingerprint density at radius 3 is 2.22 bits per heavy atom. The van der Waals surface area contributed by atoms with E-state index >= 15 is 0 Å². The van der Waals surface area contributed by atoms with Crippen LogP contribution in [-0.4, -0.2) is 23.6 Å². The zero-order valence-corrected chi connectivity index (χ0v) is 16.5. The van der Waals surface area contributed by atoms with Gasteiger partial charge in [-0.05, 0) is 31.0 Å². The van der Waals surface area contributed by atoms with Gasteiger partial charge in [0.1, 0.15) is 5.82 Å². The van der Waals surface area contributed by atoms with Gasteiger partial charge in [-0.3, -0.25) is 0 Å². The Kier molecular flexibility index (Phi) is 6.42. The van der Waals surface area contributed by atoms with Gasteiger partial charge >= 0.3 is 0 Å². The Bertz CT molecular complexity index is 834. The number of rotatable bonds is 8. The Morgan fingerprint density at radius 1 is 0.889 bits per heavy atom. The van der Waals surface area contributed by atoms with E-state index in [2.05, 4.69) is 83.4 Å².